The van der Waals surface area contributed by atoms with E-state index in [1.165, 1.54) is 4.90 Å². The van der Waals surface area contributed by atoms with Crippen molar-refractivity contribution in [3.63, 3.8) is 0 Å². The van der Waals surface area contributed by atoms with E-state index < -0.39 is 5.60 Å². The summed E-state index contributed by atoms with van der Waals surface area (Å²) < 4.78 is 5.43. The van der Waals surface area contributed by atoms with Crippen molar-refractivity contribution in [3.8, 4) is 0 Å². The smallest absolute Gasteiger partial charge is 0.410 e. The predicted molar refractivity (Wildman–Crippen MR) is 88.2 cm³/mol. The standard InChI is InChI=1S/C16H21N3O2S/c1-16(2,3)21-15(20)19-7-6-13(10-19)22-12-4-5-14-11(8-12)9-17-18-14/h4-5,8-9,13H,6-7,10H2,1-3H3,(H,17,18)/t13-/m1/s1. The SMILES string of the molecule is CC(C)(C)OC(=O)N1CC[C@@H](Sc2ccc3[nH]ncc3c2)C1. The van der Waals surface area contributed by atoms with Crippen LogP contribution in [0.25, 0.3) is 10.9 Å². The van der Waals surface area contributed by atoms with E-state index in [9.17, 15) is 4.79 Å². The second-order valence-corrected chi connectivity index (χ2v) is 7.95. The van der Waals surface area contributed by atoms with E-state index in [1.807, 2.05) is 44.8 Å². The topological polar surface area (TPSA) is 58.2 Å². The van der Waals surface area contributed by atoms with E-state index in [0.29, 0.717) is 5.25 Å². The van der Waals surface area contributed by atoms with Crippen LogP contribution in [-0.2, 0) is 4.74 Å². The predicted octanol–water partition coefficient (Wildman–Crippen LogP) is 3.66. The van der Waals surface area contributed by atoms with Gasteiger partial charge in [0, 0.05) is 28.6 Å². The van der Waals surface area contributed by atoms with Crippen LogP contribution >= 0.6 is 11.8 Å². The second kappa shape index (κ2) is 5.83. The lowest BCUT2D eigenvalue weighted by molar-refractivity contribution is 0.0295. The molecule has 118 valence electrons. The van der Waals surface area contributed by atoms with Gasteiger partial charge < -0.3 is 9.64 Å². The Labute approximate surface area is 134 Å². The van der Waals surface area contributed by atoms with Crippen LogP contribution in [0.2, 0.25) is 0 Å². The van der Waals surface area contributed by atoms with E-state index in [2.05, 4.69) is 22.3 Å². The average molecular weight is 319 g/mol. The Morgan fingerprint density at radius 1 is 1.45 bits per heavy atom. The molecule has 1 fully saturated rings. The van der Waals surface area contributed by atoms with Gasteiger partial charge in [0.15, 0.2) is 0 Å². The van der Waals surface area contributed by atoms with Gasteiger partial charge in [-0.1, -0.05) is 0 Å². The highest BCUT2D eigenvalue weighted by atomic mass is 32.2. The monoisotopic (exact) mass is 319 g/mol. The molecule has 6 heteroatoms. The summed E-state index contributed by atoms with van der Waals surface area (Å²) in [6.45, 7) is 7.19. The van der Waals surface area contributed by atoms with Crippen LogP contribution in [0.1, 0.15) is 27.2 Å². The third kappa shape index (κ3) is 3.55. The lowest BCUT2D eigenvalue weighted by Gasteiger charge is -2.24. The Balaban J connectivity index is 1.59. The van der Waals surface area contributed by atoms with Gasteiger partial charge in [-0.3, -0.25) is 5.10 Å². The number of likely N-dealkylation sites (tertiary alicyclic amines) is 1. The van der Waals surface area contributed by atoms with E-state index in [1.54, 1.807) is 4.90 Å². The molecule has 0 saturated carbocycles. The van der Waals surface area contributed by atoms with Crippen LogP contribution in [0, 0.1) is 0 Å². The summed E-state index contributed by atoms with van der Waals surface area (Å²) in [5.74, 6) is 0. The Hall–Kier alpha value is -1.69. The zero-order valence-electron chi connectivity index (χ0n) is 13.1. The molecule has 2 aromatic rings. The zero-order valence-corrected chi connectivity index (χ0v) is 13.9. The maximum Gasteiger partial charge on any atom is 0.410 e. The zero-order chi connectivity index (χ0) is 15.7. The molecule has 0 bridgehead atoms. The molecule has 1 aliphatic heterocycles. The van der Waals surface area contributed by atoms with Crippen molar-refractivity contribution < 1.29 is 9.53 Å². The summed E-state index contributed by atoms with van der Waals surface area (Å²) in [6.07, 6.45) is 2.62. The Bertz CT molecular complexity index is 677. The maximum atomic E-state index is 12.1. The van der Waals surface area contributed by atoms with Crippen molar-refractivity contribution in [3.05, 3.63) is 24.4 Å². The van der Waals surface area contributed by atoms with E-state index >= 15 is 0 Å². The lowest BCUT2D eigenvalue weighted by Crippen LogP contribution is -2.35. The van der Waals surface area contributed by atoms with E-state index in [4.69, 9.17) is 4.74 Å². The van der Waals surface area contributed by atoms with Crippen molar-refractivity contribution in [1.29, 1.82) is 0 Å². The van der Waals surface area contributed by atoms with Crippen LogP contribution in [0.3, 0.4) is 0 Å². The van der Waals surface area contributed by atoms with Gasteiger partial charge in [-0.2, -0.15) is 5.10 Å². The number of hydrogen-bond donors (Lipinski definition) is 1. The maximum absolute atomic E-state index is 12.1. The number of amides is 1. The molecule has 1 aliphatic rings. The molecule has 1 aromatic heterocycles. The van der Waals surface area contributed by atoms with Crippen LogP contribution in [-0.4, -0.2) is 45.1 Å². The van der Waals surface area contributed by atoms with Crippen molar-refractivity contribution >= 4 is 28.8 Å². The highest BCUT2D eigenvalue weighted by molar-refractivity contribution is 8.00. The Morgan fingerprint density at radius 3 is 3.05 bits per heavy atom. The van der Waals surface area contributed by atoms with Crippen molar-refractivity contribution in [2.45, 2.75) is 42.9 Å². The van der Waals surface area contributed by atoms with Crippen LogP contribution < -0.4 is 0 Å². The van der Waals surface area contributed by atoms with Crippen molar-refractivity contribution in [2.75, 3.05) is 13.1 Å². The molecule has 1 saturated heterocycles. The van der Waals surface area contributed by atoms with Gasteiger partial charge in [0.1, 0.15) is 5.60 Å². The molecule has 22 heavy (non-hydrogen) atoms. The third-order valence-electron chi connectivity index (χ3n) is 3.51. The number of carbonyl (C=O) groups is 1. The molecule has 1 N–H and O–H groups in total. The minimum absolute atomic E-state index is 0.208. The normalized spacial score (nSPS) is 18.9. The molecule has 1 amide bonds. The van der Waals surface area contributed by atoms with Gasteiger partial charge in [-0.05, 0) is 45.4 Å². The molecule has 0 radical (unpaired) electrons. The largest absolute Gasteiger partial charge is 0.444 e. The molecule has 1 atom stereocenters. The number of thioether (sulfide) groups is 1. The number of fused-ring (bicyclic) bond motifs is 1. The fourth-order valence-electron chi connectivity index (χ4n) is 2.50. The molecule has 3 rings (SSSR count). The quantitative estimate of drug-likeness (QED) is 0.917. The summed E-state index contributed by atoms with van der Waals surface area (Å²) in [7, 11) is 0. The van der Waals surface area contributed by atoms with Gasteiger partial charge >= 0.3 is 6.09 Å². The number of nitrogens with zero attached hydrogens (tertiary/aromatic N) is 2. The van der Waals surface area contributed by atoms with E-state index in [-0.39, 0.29) is 6.09 Å². The van der Waals surface area contributed by atoms with Crippen LogP contribution in [0.5, 0.6) is 0 Å². The fraction of sp³-hybridized carbons (Fsp3) is 0.500. The van der Waals surface area contributed by atoms with Gasteiger partial charge in [0.2, 0.25) is 0 Å². The Morgan fingerprint density at radius 2 is 2.27 bits per heavy atom. The number of ether oxygens (including phenoxy) is 1. The molecular formula is C16H21N3O2S. The summed E-state index contributed by atoms with van der Waals surface area (Å²) in [5, 5.41) is 8.53. The molecule has 2 heterocycles. The number of benzene rings is 1. The van der Waals surface area contributed by atoms with Crippen LogP contribution in [0.15, 0.2) is 29.3 Å². The third-order valence-corrected chi connectivity index (χ3v) is 4.76. The minimum Gasteiger partial charge on any atom is -0.444 e. The first-order valence-corrected chi connectivity index (χ1v) is 8.36. The second-order valence-electron chi connectivity index (χ2n) is 6.57. The first kappa shape index (κ1) is 15.2. The van der Waals surface area contributed by atoms with Crippen LogP contribution in [0.4, 0.5) is 4.79 Å². The highest BCUT2D eigenvalue weighted by Crippen LogP contribution is 2.31. The van der Waals surface area contributed by atoms with E-state index in [0.717, 1.165) is 30.4 Å². The number of carbonyl (C=O) groups excluding carboxylic acids is 1. The number of nitrogens with one attached hydrogen (secondary N) is 1. The first-order valence-electron chi connectivity index (χ1n) is 7.48. The van der Waals surface area contributed by atoms with Gasteiger partial charge in [0.25, 0.3) is 0 Å². The van der Waals surface area contributed by atoms with Gasteiger partial charge in [-0.15, -0.1) is 11.8 Å². The first-order chi connectivity index (χ1) is 10.4. The fourth-order valence-corrected chi connectivity index (χ4v) is 3.71. The number of rotatable bonds is 2. The number of hydrogen-bond acceptors (Lipinski definition) is 4. The summed E-state index contributed by atoms with van der Waals surface area (Å²) >= 11 is 1.82. The lowest BCUT2D eigenvalue weighted by atomic mass is 10.2. The molecule has 0 unspecified atom stereocenters. The Kier molecular flexibility index (Phi) is 4.04. The summed E-state index contributed by atoms with van der Waals surface area (Å²) in [4.78, 5) is 15.1. The molecular weight excluding hydrogens is 298 g/mol. The molecule has 1 aromatic carbocycles. The molecule has 0 aliphatic carbocycles. The minimum atomic E-state index is -0.436. The highest BCUT2D eigenvalue weighted by Gasteiger charge is 2.30. The van der Waals surface area contributed by atoms with Gasteiger partial charge in [0.05, 0.1) is 11.7 Å². The molecule has 0 spiro atoms. The molecule has 5 nitrogen and oxygen atoms in total. The number of aromatic amines is 1. The van der Waals surface area contributed by atoms with Gasteiger partial charge in [-0.25, -0.2) is 4.79 Å². The summed E-state index contributed by atoms with van der Waals surface area (Å²) in [6, 6.07) is 6.28. The van der Waals surface area contributed by atoms with Crippen molar-refractivity contribution in [1.82, 2.24) is 15.1 Å². The van der Waals surface area contributed by atoms with Crippen molar-refractivity contribution in [2.24, 2.45) is 0 Å². The summed E-state index contributed by atoms with van der Waals surface area (Å²) in [5.41, 5.74) is 0.611. The average Bonchev–Trinajstić information content (AvgIpc) is 3.04. The number of H-pyrrole nitrogens is 1. The number of aromatic nitrogens is 2.